The summed E-state index contributed by atoms with van der Waals surface area (Å²) in [5.74, 6) is 0.0903. The zero-order chi connectivity index (χ0) is 31.6. The maximum absolute atomic E-state index is 15.1. The molecular weight excluding hydrogens is 587 g/mol. The fourth-order valence-electron chi connectivity index (χ4n) is 5.25. The zero-order valence-corrected chi connectivity index (χ0v) is 25.8. The van der Waals surface area contributed by atoms with E-state index in [-0.39, 0.29) is 23.4 Å². The topological polar surface area (TPSA) is 147 Å². The standard InChI is InChI=1S/C31H35FN6O5S/c1-19-9-10-21-22(11-12-24(32)26(21)37-44(41,42)18-31(2,3)4)27(19)43-28-23(8-5-14-33-28)25-13-15-34-29(36-25)35-20-7-6-16-38(17-20)30(39)40/h5,8-15,20,37H,6-7,16-18H2,1-4H3,(H,39,40)(H,34,35,36)/t20-/m0/s1. The molecule has 44 heavy (non-hydrogen) atoms. The van der Waals surface area contributed by atoms with Gasteiger partial charge in [0, 0.05) is 42.3 Å². The summed E-state index contributed by atoms with van der Waals surface area (Å²) < 4.78 is 49.7. The number of benzene rings is 2. The number of carboxylic acid groups (broad SMARTS) is 1. The minimum Gasteiger partial charge on any atom is -0.465 e. The Morgan fingerprint density at radius 1 is 1.11 bits per heavy atom. The Kier molecular flexibility index (Phi) is 8.60. The van der Waals surface area contributed by atoms with Gasteiger partial charge in [0.05, 0.1) is 22.7 Å². The Morgan fingerprint density at radius 3 is 2.64 bits per heavy atom. The Labute approximate surface area is 255 Å². The summed E-state index contributed by atoms with van der Waals surface area (Å²) in [4.78, 5) is 26.2. The number of nitrogens with one attached hydrogen (secondary N) is 2. The summed E-state index contributed by atoms with van der Waals surface area (Å²) in [6.45, 7) is 8.05. The summed E-state index contributed by atoms with van der Waals surface area (Å²) in [5, 5.41) is 13.5. The van der Waals surface area contributed by atoms with Crippen molar-refractivity contribution < 1.29 is 27.4 Å². The molecule has 232 valence electrons. The minimum absolute atomic E-state index is 0.131. The van der Waals surface area contributed by atoms with Crippen molar-refractivity contribution in [3.63, 3.8) is 0 Å². The van der Waals surface area contributed by atoms with Crippen molar-refractivity contribution in [3.05, 3.63) is 66.2 Å². The van der Waals surface area contributed by atoms with Crippen LogP contribution in [0.2, 0.25) is 0 Å². The molecule has 1 amide bonds. The second-order valence-electron chi connectivity index (χ2n) is 12.1. The highest BCUT2D eigenvalue weighted by Crippen LogP contribution is 2.40. The molecule has 0 aliphatic carbocycles. The van der Waals surface area contributed by atoms with Gasteiger partial charge in [0.15, 0.2) is 0 Å². The first-order valence-electron chi connectivity index (χ1n) is 14.2. The van der Waals surface area contributed by atoms with Gasteiger partial charge in [-0.15, -0.1) is 0 Å². The van der Waals surface area contributed by atoms with Crippen LogP contribution in [0.5, 0.6) is 11.6 Å². The van der Waals surface area contributed by atoms with Gasteiger partial charge in [-0.05, 0) is 61.1 Å². The maximum atomic E-state index is 15.1. The van der Waals surface area contributed by atoms with E-state index in [0.717, 1.165) is 18.4 Å². The average molecular weight is 623 g/mol. The largest absolute Gasteiger partial charge is 0.465 e. The minimum atomic E-state index is -3.85. The number of hydrogen-bond acceptors (Lipinski definition) is 8. The molecule has 0 bridgehead atoms. The lowest BCUT2D eigenvalue weighted by molar-refractivity contribution is 0.132. The van der Waals surface area contributed by atoms with Gasteiger partial charge in [0.25, 0.3) is 0 Å². The number of nitrogens with zero attached hydrogens (tertiary/aromatic N) is 4. The van der Waals surface area contributed by atoms with Gasteiger partial charge in [0.2, 0.25) is 21.9 Å². The van der Waals surface area contributed by atoms with E-state index in [2.05, 4.69) is 25.0 Å². The number of pyridine rings is 1. The van der Waals surface area contributed by atoms with Crippen LogP contribution in [0.25, 0.3) is 22.0 Å². The summed E-state index contributed by atoms with van der Waals surface area (Å²) >= 11 is 0. The predicted molar refractivity (Wildman–Crippen MR) is 167 cm³/mol. The molecule has 5 rings (SSSR count). The lowest BCUT2D eigenvalue weighted by Gasteiger charge is -2.31. The van der Waals surface area contributed by atoms with Gasteiger partial charge >= 0.3 is 6.09 Å². The molecule has 0 saturated carbocycles. The van der Waals surface area contributed by atoms with Crippen molar-refractivity contribution in [2.24, 2.45) is 5.41 Å². The van der Waals surface area contributed by atoms with Gasteiger partial charge in [0.1, 0.15) is 11.6 Å². The summed E-state index contributed by atoms with van der Waals surface area (Å²) in [6, 6.07) is 11.3. The Hall–Kier alpha value is -4.52. The van der Waals surface area contributed by atoms with E-state index < -0.39 is 27.3 Å². The molecule has 1 aliphatic rings. The average Bonchev–Trinajstić information content (AvgIpc) is 2.95. The molecule has 0 radical (unpaired) electrons. The van der Waals surface area contributed by atoms with Crippen LogP contribution in [-0.4, -0.2) is 64.4 Å². The van der Waals surface area contributed by atoms with Crippen molar-refractivity contribution in [1.29, 1.82) is 0 Å². The molecule has 1 atom stereocenters. The van der Waals surface area contributed by atoms with E-state index in [1.165, 1.54) is 11.0 Å². The fourth-order valence-corrected chi connectivity index (χ4v) is 6.99. The molecule has 1 aliphatic heterocycles. The highest BCUT2D eigenvalue weighted by Gasteiger charge is 2.26. The maximum Gasteiger partial charge on any atom is 0.407 e. The Morgan fingerprint density at radius 2 is 1.89 bits per heavy atom. The number of piperidine rings is 1. The van der Waals surface area contributed by atoms with E-state index in [9.17, 15) is 18.3 Å². The molecule has 4 aromatic rings. The number of ether oxygens (including phenoxy) is 1. The van der Waals surface area contributed by atoms with E-state index in [4.69, 9.17) is 4.74 Å². The molecule has 0 unspecified atom stereocenters. The smallest absolute Gasteiger partial charge is 0.407 e. The monoisotopic (exact) mass is 622 g/mol. The molecule has 2 aromatic heterocycles. The molecule has 13 heteroatoms. The first-order chi connectivity index (χ1) is 20.8. The first-order valence-corrected chi connectivity index (χ1v) is 15.9. The van der Waals surface area contributed by atoms with Crippen LogP contribution in [0.15, 0.2) is 54.9 Å². The molecule has 3 heterocycles. The molecular formula is C31H35FN6O5S. The van der Waals surface area contributed by atoms with Crippen LogP contribution in [0.4, 0.5) is 20.8 Å². The van der Waals surface area contributed by atoms with Crippen LogP contribution >= 0.6 is 0 Å². The number of fused-ring (bicyclic) bond motifs is 1. The summed E-state index contributed by atoms with van der Waals surface area (Å²) in [5.41, 5.74) is 1.15. The van der Waals surface area contributed by atoms with E-state index in [1.807, 2.05) is 6.92 Å². The number of carbonyl (C=O) groups is 1. The number of sulfonamides is 1. The third-order valence-electron chi connectivity index (χ3n) is 7.10. The molecule has 1 fully saturated rings. The normalized spacial score (nSPS) is 15.7. The fraction of sp³-hybridized carbons (Fsp3) is 0.355. The van der Waals surface area contributed by atoms with Crippen LogP contribution in [0.1, 0.15) is 39.2 Å². The Bertz CT molecular complexity index is 1810. The second kappa shape index (κ2) is 12.2. The highest BCUT2D eigenvalue weighted by atomic mass is 32.2. The third kappa shape index (κ3) is 7.16. The van der Waals surface area contributed by atoms with Gasteiger partial charge < -0.3 is 20.1 Å². The lowest BCUT2D eigenvalue weighted by atomic mass is 10.0. The number of halogens is 1. The van der Waals surface area contributed by atoms with Crippen molar-refractivity contribution in [1.82, 2.24) is 19.9 Å². The second-order valence-corrected chi connectivity index (χ2v) is 13.8. The van der Waals surface area contributed by atoms with Gasteiger partial charge in [-0.1, -0.05) is 32.9 Å². The number of aryl methyl sites for hydroxylation is 1. The van der Waals surface area contributed by atoms with Gasteiger partial charge in [-0.3, -0.25) is 4.72 Å². The van der Waals surface area contributed by atoms with Crippen LogP contribution in [0, 0.1) is 18.2 Å². The Balaban J connectivity index is 1.47. The quantitative estimate of drug-likeness (QED) is 0.207. The predicted octanol–water partition coefficient (Wildman–Crippen LogP) is 6.27. The summed E-state index contributed by atoms with van der Waals surface area (Å²) in [7, 11) is -3.85. The van der Waals surface area contributed by atoms with Gasteiger partial charge in [-0.2, -0.15) is 0 Å². The SMILES string of the molecule is Cc1ccc2c(NS(=O)(=O)CC(C)(C)C)c(F)ccc2c1Oc1ncccc1-c1ccnc(N[C@H]2CCCN(C(=O)O)C2)n1. The van der Waals surface area contributed by atoms with E-state index >= 15 is 4.39 Å². The van der Waals surface area contributed by atoms with Crippen molar-refractivity contribution >= 4 is 38.5 Å². The zero-order valence-electron chi connectivity index (χ0n) is 25.0. The highest BCUT2D eigenvalue weighted by molar-refractivity contribution is 7.92. The molecule has 3 N–H and O–H groups in total. The first kappa shape index (κ1) is 30.9. The molecule has 0 spiro atoms. The molecule has 2 aromatic carbocycles. The third-order valence-corrected chi connectivity index (χ3v) is 8.87. The van der Waals surface area contributed by atoms with Crippen LogP contribution in [-0.2, 0) is 10.0 Å². The molecule has 11 nitrogen and oxygen atoms in total. The van der Waals surface area contributed by atoms with Gasteiger partial charge in [-0.25, -0.2) is 32.6 Å². The van der Waals surface area contributed by atoms with Crippen LogP contribution in [0.3, 0.4) is 0 Å². The number of rotatable bonds is 8. The molecule has 1 saturated heterocycles. The lowest BCUT2D eigenvalue weighted by Crippen LogP contribution is -2.44. The van der Waals surface area contributed by atoms with E-state index in [0.29, 0.717) is 46.8 Å². The van der Waals surface area contributed by atoms with Crippen molar-refractivity contribution in [3.8, 4) is 22.9 Å². The van der Waals surface area contributed by atoms with Crippen LogP contribution < -0.4 is 14.8 Å². The van der Waals surface area contributed by atoms with E-state index in [1.54, 1.807) is 69.6 Å². The number of likely N-dealkylation sites (tertiary alicyclic amines) is 1. The number of aromatic nitrogens is 3. The number of hydrogen-bond donors (Lipinski definition) is 3. The number of amides is 1. The van der Waals surface area contributed by atoms with Crippen molar-refractivity contribution in [2.75, 3.05) is 28.9 Å². The van der Waals surface area contributed by atoms with Crippen molar-refractivity contribution in [2.45, 2.75) is 46.6 Å². The summed E-state index contributed by atoms with van der Waals surface area (Å²) in [6.07, 6.45) is 3.74. The number of anilines is 2.